The standard InChI is InChI=1S/C21H28N4O2/c1-23(2)21(26)20-6-5-18(27-20)14-25(13-16-4-3-9-22-12-16)19-15-24-10-7-17(19)8-11-24/h3-6,9,12,17,19H,7-8,10-11,13-15H2,1-2H3/t19-/m1/s1. The summed E-state index contributed by atoms with van der Waals surface area (Å²) in [5.41, 5.74) is 1.21. The van der Waals surface area contributed by atoms with Gasteiger partial charge in [-0.05, 0) is 55.6 Å². The lowest BCUT2D eigenvalue weighted by Gasteiger charge is -2.49. The lowest BCUT2D eigenvalue weighted by Crippen LogP contribution is -2.56. The smallest absolute Gasteiger partial charge is 0.289 e. The summed E-state index contributed by atoms with van der Waals surface area (Å²) in [5.74, 6) is 1.90. The van der Waals surface area contributed by atoms with Gasteiger partial charge in [-0.1, -0.05) is 6.07 Å². The average Bonchev–Trinajstić information content (AvgIpc) is 3.17. The van der Waals surface area contributed by atoms with E-state index in [4.69, 9.17) is 4.42 Å². The van der Waals surface area contributed by atoms with Crippen molar-refractivity contribution < 1.29 is 9.21 Å². The van der Waals surface area contributed by atoms with Crippen LogP contribution in [0.2, 0.25) is 0 Å². The van der Waals surface area contributed by atoms with Crippen LogP contribution < -0.4 is 0 Å². The molecular weight excluding hydrogens is 340 g/mol. The highest BCUT2D eigenvalue weighted by Crippen LogP contribution is 2.32. The number of aromatic nitrogens is 1. The van der Waals surface area contributed by atoms with Crippen molar-refractivity contribution in [1.29, 1.82) is 0 Å². The van der Waals surface area contributed by atoms with Gasteiger partial charge in [0.1, 0.15) is 5.76 Å². The highest BCUT2D eigenvalue weighted by atomic mass is 16.4. The monoisotopic (exact) mass is 368 g/mol. The second-order valence-electron chi connectivity index (χ2n) is 7.94. The first kappa shape index (κ1) is 18.2. The summed E-state index contributed by atoms with van der Waals surface area (Å²) in [7, 11) is 3.49. The van der Waals surface area contributed by atoms with E-state index in [1.165, 1.54) is 31.5 Å². The molecule has 0 N–H and O–H groups in total. The van der Waals surface area contributed by atoms with E-state index in [1.807, 2.05) is 24.5 Å². The minimum atomic E-state index is -0.0945. The quantitative estimate of drug-likeness (QED) is 0.784. The van der Waals surface area contributed by atoms with Crippen LogP contribution in [0.4, 0.5) is 0 Å². The summed E-state index contributed by atoms with van der Waals surface area (Å²) in [5, 5.41) is 0. The van der Waals surface area contributed by atoms with Crippen LogP contribution in [0.25, 0.3) is 0 Å². The van der Waals surface area contributed by atoms with Crippen molar-refractivity contribution in [2.24, 2.45) is 5.92 Å². The fourth-order valence-corrected chi connectivity index (χ4v) is 4.36. The molecule has 2 aromatic rings. The van der Waals surface area contributed by atoms with E-state index in [0.717, 1.165) is 24.8 Å². The molecule has 6 nitrogen and oxygen atoms in total. The molecule has 2 bridgehead atoms. The van der Waals surface area contributed by atoms with Crippen LogP contribution in [0.3, 0.4) is 0 Å². The number of hydrogen-bond acceptors (Lipinski definition) is 5. The molecule has 1 atom stereocenters. The van der Waals surface area contributed by atoms with Gasteiger partial charge >= 0.3 is 0 Å². The van der Waals surface area contributed by atoms with E-state index >= 15 is 0 Å². The van der Waals surface area contributed by atoms with E-state index in [-0.39, 0.29) is 5.91 Å². The van der Waals surface area contributed by atoms with Gasteiger partial charge < -0.3 is 14.2 Å². The Morgan fingerprint density at radius 3 is 2.67 bits per heavy atom. The van der Waals surface area contributed by atoms with Crippen LogP contribution in [-0.2, 0) is 13.1 Å². The van der Waals surface area contributed by atoms with Gasteiger partial charge in [-0.3, -0.25) is 14.7 Å². The number of fused-ring (bicyclic) bond motifs is 3. The van der Waals surface area contributed by atoms with Crippen molar-refractivity contribution in [3.05, 3.63) is 53.7 Å². The molecule has 0 radical (unpaired) electrons. The van der Waals surface area contributed by atoms with Gasteiger partial charge in [-0.15, -0.1) is 0 Å². The number of pyridine rings is 1. The van der Waals surface area contributed by atoms with Gasteiger partial charge in [0.05, 0.1) is 6.54 Å². The molecule has 3 fully saturated rings. The molecule has 3 aliphatic heterocycles. The molecule has 144 valence electrons. The third-order valence-corrected chi connectivity index (χ3v) is 5.84. The van der Waals surface area contributed by atoms with E-state index in [9.17, 15) is 4.79 Å². The van der Waals surface area contributed by atoms with E-state index in [2.05, 4.69) is 20.9 Å². The molecule has 3 aliphatic rings. The van der Waals surface area contributed by atoms with Crippen molar-refractivity contribution >= 4 is 5.91 Å². The van der Waals surface area contributed by atoms with Crippen molar-refractivity contribution in [1.82, 2.24) is 19.7 Å². The van der Waals surface area contributed by atoms with Gasteiger partial charge in [0.2, 0.25) is 0 Å². The molecular formula is C21H28N4O2. The third kappa shape index (κ3) is 4.06. The minimum absolute atomic E-state index is 0.0945. The first-order valence-corrected chi connectivity index (χ1v) is 9.76. The fraction of sp³-hybridized carbons (Fsp3) is 0.524. The summed E-state index contributed by atoms with van der Waals surface area (Å²) < 4.78 is 5.88. The van der Waals surface area contributed by atoms with Crippen molar-refractivity contribution in [2.75, 3.05) is 33.7 Å². The van der Waals surface area contributed by atoms with Crippen molar-refractivity contribution in [3.8, 4) is 0 Å². The van der Waals surface area contributed by atoms with Gasteiger partial charge in [0.15, 0.2) is 5.76 Å². The van der Waals surface area contributed by atoms with E-state index in [1.54, 1.807) is 25.1 Å². The zero-order chi connectivity index (χ0) is 18.8. The summed E-state index contributed by atoms with van der Waals surface area (Å²) in [4.78, 5) is 23.0. The van der Waals surface area contributed by atoms with Crippen LogP contribution in [0, 0.1) is 5.92 Å². The molecule has 5 heterocycles. The van der Waals surface area contributed by atoms with Crippen LogP contribution >= 0.6 is 0 Å². The number of hydrogen-bond donors (Lipinski definition) is 0. The van der Waals surface area contributed by atoms with Crippen LogP contribution in [-0.4, -0.2) is 65.4 Å². The maximum Gasteiger partial charge on any atom is 0.289 e. The van der Waals surface area contributed by atoms with E-state index < -0.39 is 0 Å². The maximum atomic E-state index is 12.1. The van der Waals surface area contributed by atoms with Gasteiger partial charge in [0, 0.05) is 45.6 Å². The highest BCUT2D eigenvalue weighted by molar-refractivity contribution is 5.91. The Bertz CT molecular complexity index is 765. The largest absolute Gasteiger partial charge is 0.455 e. The number of carbonyl (C=O) groups is 1. The number of carbonyl (C=O) groups excluding carboxylic acids is 1. The molecule has 0 aromatic carbocycles. The predicted molar refractivity (Wildman–Crippen MR) is 103 cm³/mol. The molecule has 0 saturated carbocycles. The Kier molecular flexibility index (Phi) is 5.27. The SMILES string of the molecule is CN(C)C(=O)c1ccc(CN(Cc2cccnc2)[C@@H]2CN3CCC2CC3)o1. The number of nitrogens with zero attached hydrogens (tertiary/aromatic N) is 4. The second kappa shape index (κ2) is 7.82. The topological polar surface area (TPSA) is 52.8 Å². The summed E-state index contributed by atoms with van der Waals surface area (Å²) in [6, 6.07) is 8.37. The Morgan fingerprint density at radius 2 is 2.04 bits per heavy atom. The lowest BCUT2D eigenvalue weighted by molar-refractivity contribution is -0.00536. The molecule has 3 saturated heterocycles. The number of amides is 1. The molecule has 0 unspecified atom stereocenters. The predicted octanol–water partition coefficient (Wildman–Crippen LogP) is 2.47. The number of furan rings is 1. The van der Waals surface area contributed by atoms with Crippen molar-refractivity contribution in [3.63, 3.8) is 0 Å². The molecule has 2 aromatic heterocycles. The normalized spacial score (nSPS) is 24.3. The first-order chi connectivity index (χ1) is 13.1. The Labute approximate surface area is 160 Å². The van der Waals surface area contributed by atoms with Crippen LogP contribution in [0.15, 0.2) is 41.1 Å². The van der Waals surface area contributed by atoms with Gasteiger partial charge in [-0.2, -0.15) is 0 Å². The Morgan fingerprint density at radius 1 is 1.22 bits per heavy atom. The van der Waals surface area contributed by atoms with Crippen molar-refractivity contribution in [2.45, 2.75) is 32.0 Å². The number of piperidine rings is 3. The average molecular weight is 368 g/mol. The highest BCUT2D eigenvalue weighted by Gasteiger charge is 2.37. The lowest BCUT2D eigenvalue weighted by atomic mass is 9.83. The van der Waals surface area contributed by atoms with Crippen LogP contribution in [0.5, 0.6) is 0 Å². The molecule has 0 spiro atoms. The van der Waals surface area contributed by atoms with Crippen LogP contribution in [0.1, 0.15) is 34.7 Å². The fourth-order valence-electron chi connectivity index (χ4n) is 4.36. The zero-order valence-electron chi connectivity index (χ0n) is 16.2. The third-order valence-electron chi connectivity index (χ3n) is 5.84. The minimum Gasteiger partial charge on any atom is -0.455 e. The van der Waals surface area contributed by atoms with E-state index in [0.29, 0.717) is 18.3 Å². The first-order valence-electron chi connectivity index (χ1n) is 9.76. The summed E-state index contributed by atoms with van der Waals surface area (Å²) in [6.45, 7) is 5.13. The Hall–Kier alpha value is -2.18. The van der Waals surface area contributed by atoms with Gasteiger partial charge in [0.25, 0.3) is 5.91 Å². The molecule has 6 heteroatoms. The second-order valence-corrected chi connectivity index (χ2v) is 7.94. The zero-order valence-corrected chi connectivity index (χ0v) is 16.2. The summed E-state index contributed by atoms with van der Waals surface area (Å²) in [6.07, 6.45) is 6.30. The summed E-state index contributed by atoms with van der Waals surface area (Å²) >= 11 is 0. The van der Waals surface area contributed by atoms with Gasteiger partial charge in [-0.25, -0.2) is 0 Å². The number of rotatable bonds is 6. The molecule has 1 amide bonds. The Balaban J connectivity index is 1.54. The molecule has 27 heavy (non-hydrogen) atoms. The molecule has 5 rings (SSSR count). The maximum absolute atomic E-state index is 12.1. The molecule has 0 aliphatic carbocycles.